The highest BCUT2D eigenvalue weighted by molar-refractivity contribution is 9.11. The van der Waals surface area contributed by atoms with Gasteiger partial charge in [-0.1, -0.05) is 27.5 Å². The van der Waals surface area contributed by atoms with E-state index in [2.05, 4.69) is 42.3 Å². The van der Waals surface area contributed by atoms with Gasteiger partial charge in [-0.25, -0.2) is 0 Å². The van der Waals surface area contributed by atoms with E-state index in [1.165, 1.54) is 15.6 Å². The molecule has 0 bridgehead atoms. The molecule has 0 radical (unpaired) electrons. The lowest BCUT2D eigenvalue weighted by Gasteiger charge is -2.16. The van der Waals surface area contributed by atoms with Crippen LogP contribution in [0.15, 0.2) is 27.1 Å². The molecule has 23 heavy (non-hydrogen) atoms. The summed E-state index contributed by atoms with van der Waals surface area (Å²) in [4.78, 5) is 26.2. The summed E-state index contributed by atoms with van der Waals surface area (Å²) in [5, 5.41) is 6.88. The Hall–Kier alpha value is -1.38. The fourth-order valence-corrected chi connectivity index (χ4v) is 3.47. The third kappa shape index (κ3) is 3.94. The second-order valence-electron chi connectivity index (χ2n) is 4.94. The number of anilines is 1. The fraction of sp³-hybridized carbons (Fsp3) is 0.214. The van der Waals surface area contributed by atoms with E-state index in [4.69, 9.17) is 11.6 Å². The largest absolute Gasteiger partial charge is 0.345 e. The van der Waals surface area contributed by atoms with Crippen molar-refractivity contribution in [1.29, 1.82) is 0 Å². The van der Waals surface area contributed by atoms with Crippen molar-refractivity contribution in [3.05, 3.63) is 43.6 Å². The molecule has 0 aliphatic rings. The van der Waals surface area contributed by atoms with Crippen LogP contribution in [0.5, 0.6) is 0 Å². The maximum atomic E-state index is 12.4. The molecule has 0 saturated heterocycles. The summed E-state index contributed by atoms with van der Waals surface area (Å²) >= 11 is 12.5. The zero-order valence-corrected chi connectivity index (χ0v) is 16.5. The zero-order valence-electron chi connectivity index (χ0n) is 12.5. The maximum Gasteiger partial charge on any atom is 0.274 e. The Bertz CT molecular complexity index is 789. The number of aryl methyl sites for hydroxylation is 1. The second kappa shape index (κ2) is 7.02. The highest BCUT2D eigenvalue weighted by Crippen LogP contribution is 2.32. The lowest BCUT2D eigenvalue weighted by atomic mass is 10.1. The number of amides is 2. The molecule has 122 valence electrons. The number of hydrogen-bond donors (Lipinski definition) is 1. The van der Waals surface area contributed by atoms with E-state index in [1.54, 1.807) is 33.3 Å². The molecule has 0 atom stereocenters. The minimum Gasteiger partial charge on any atom is -0.345 e. The molecule has 0 unspecified atom stereocenters. The number of nitrogens with one attached hydrogen (secondary N) is 1. The van der Waals surface area contributed by atoms with Gasteiger partial charge in [-0.05, 0) is 28.1 Å². The highest BCUT2D eigenvalue weighted by atomic mass is 79.9. The van der Waals surface area contributed by atoms with E-state index in [9.17, 15) is 9.59 Å². The standard InChI is InChI=1S/C14H13Br2ClN4O2/c1-20(2)14(23)8-4-7(15)5-9(16)12(8)18-13(22)10-6-11(17)19-21(10)3/h4-6H,1-3H3,(H,18,22). The first-order chi connectivity index (χ1) is 10.7. The summed E-state index contributed by atoms with van der Waals surface area (Å²) in [5.41, 5.74) is 1.03. The summed E-state index contributed by atoms with van der Waals surface area (Å²) < 4.78 is 2.67. The van der Waals surface area contributed by atoms with Crippen molar-refractivity contribution in [2.45, 2.75) is 0 Å². The van der Waals surface area contributed by atoms with Crippen LogP contribution in [0.25, 0.3) is 0 Å². The van der Waals surface area contributed by atoms with E-state index < -0.39 is 5.91 Å². The Kier molecular flexibility index (Phi) is 5.49. The van der Waals surface area contributed by atoms with Gasteiger partial charge >= 0.3 is 0 Å². The summed E-state index contributed by atoms with van der Waals surface area (Å²) in [7, 11) is 4.90. The molecule has 9 heteroatoms. The van der Waals surface area contributed by atoms with Crippen LogP contribution in [-0.2, 0) is 7.05 Å². The molecule has 0 fully saturated rings. The first kappa shape index (κ1) is 18.0. The third-order valence-electron chi connectivity index (χ3n) is 3.01. The van der Waals surface area contributed by atoms with Crippen LogP contribution in [0.4, 0.5) is 5.69 Å². The van der Waals surface area contributed by atoms with Crippen LogP contribution in [0.3, 0.4) is 0 Å². The predicted molar refractivity (Wildman–Crippen MR) is 96.0 cm³/mol. The van der Waals surface area contributed by atoms with Gasteiger partial charge in [0.2, 0.25) is 0 Å². The number of aromatic nitrogens is 2. The quantitative estimate of drug-likeness (QED) is 0.756. The summed E-state index contributed by atoms with van der Waals surface area (Å²) in [6.45, 7) is 0. The van der Waals surface area contributed by atoms with Crippen molar-refractivity contribution in [1.82, 2.24) is 14.7 Å². The topological polar surface area (TPSA) is 67.2 Å². The molecule has 2 amide bonds. The molecule has 1 heterocycles. The average Bonchev–Trinajstić information content (AvgIpc) is 2.79. The number of carbonyl (C=O) groups excluding carboxylic acids is 2. The second-order valence-corrected chi connectivity index (χ2v) is 7.10. The molecular weight excluding hydrogens is 451 g/mol. The Morgan fingerprint density at radius 1 is 1.26 bits per heavy atom. The van der Waals surface area contributed by atoms with Crippen LogP contribution in [0, 0.1) is 0 Å². The highest BCUT2D eigenvalue weighted by Gasteiger charge is 2.21. The van der Waals surface area contributed by atoms with E-state index in [-0.39, 0.29) is 16.8 Å². The number of rotatable bonds is 3. The van der Waals surface area contributed by atoms with Gasteiger partial charge in [0.1, 0.15) is 5.69 Å². The van der Waals surface area contributed by atoms with Gasteiger partial charge in [-0.15, -0.1) is 0 Å². The number of nitrogens with zero attached hydrogens (tertiary/aromatic N) is 3. The van der Waals surface area contributed by atoms with Crippen LogP contribution in [0.2, 0.25) is 5.15 Å². The Labute approximate surface area is 155 Å². The van der Waals surface area contributed by atoms with Gasteiger partial charge in [0.15, 0.2) is 5.15 Å². The summed E-state index contributed by atoms with van der Waals surface area (Å²) in [6, 6.07) is 4.86. The smallest absolute Gasteiger partial charge is 0.274 e. The van der Waals surface area contributed by atoms with Gasteiger partial charge in [-0.3, -0.25) is 14.3 Å². The van der Waals surface area contributed by atoms with Crippen LogP contribution < -0.4 is 5.32 Å². The van der Waals surface area contributed by atoms with Crippen molar-refractivity contribution in [2.24, 2.45) is 7.05 Å². The maximum absolute atomic E-state index is 12.4. The van der Waals surface area contributed by atoms with Crippen molar-refractivity contribution in [3.8, 4) is 0 Å². The molecule has 2 rings (SSSR count). The normalized spacial score (nSPS) is 10.5. The fourth-order valence-electron chi connectivity index (χ4n) is 1.93. The molecule has 6 nitrogen and oxygen atoms in total. The lowest BCUT2D eigenvalue weighted by molar-refractivity contribution is 0.0828. The SMILES string of the molecule is CN(C)C(=O)c1cc(Br)cc(Br)c1NC(=O)c1cc(Cl)nn1C. The molecule has 0 saturated carbocycles. The van der Waals surface area contributed by atoms with Crippen molar-refractivity contribution in [3.63, 3.8) is 0 Å². The number of carbonyl (C=O) groups is 2. The van der Waals surface area contributed by atoms with Crippen molar-refractivity contribution < 1.29 is 9.59 Å². The predicted octanol–water partition coefficient (Wildman–Crippen LogP) is 3.55. The minimum atomic E-state index is -0.414. The summed E-state index contributed by atoms with van der Waals surface area (Å²) in [6.07, 6.45) is 0. The minimum absolute atomic E-state index is 0.220. The molecule has 1 aromatic heterocycles. The van der Waals surface area contributed by atoms with Gasteiger partial charge < -0.3 is 10.2 Å². The molecule has 0 aliphatic carbocycles. The monoisotopic (exact) mass is 462 g/mol. The molecular formula is C14H13Br2ClN4O2. The molecule has 0 spiro atoms. The number of halogens is 3. The van der Waals surface area contributed by atoms with Crippen molar-refractivity contribution in [2.75, 3.05) is 19.4 Å². The molecule has 1 aromatic carbocycles. The molecule has 1 N–H and O–H groups in total. The van der Waals surface area contributed by atoms with Crippen LogP contribution in [-0.4, -0.2) is 40.6 Å². The first-order valence-corrected chi connectivity index (χ1v) is 8.38. The number of benzene rings is 1. The Morgan fingerprint density at radius 2 is 1.91 bits per heavy atom. The molecule has 2 aromatic rings. The Morgan fingerprint density at radius 3 is 2.43 bits per heavy atom. The van der Waals surface area contributed by atoms with E-state index >= 15 is 0 Å². The lowest BCUT2D eigenvalue weighted by Crippen LogP contribution is -2.25. The Balaban J connectivity index is 2.45. The van der Waals surface area contributed by atoms with E-state index in [0.29, 0.717) is 15.7 Å². The third-order valence-corrected chi connectivity index (χ3v) is 4.28. The van der Waals surface area contributed by atoms with E-state index in [0.717, 1.165) is 4.47 Å². The van der Waals surface area contributed by atoms with Crippen LogP contribution in [0.1, 0.15) is 20.8 Å². The van der Waals surface area contributed by atoms with Crippen LogP contribution >= 0.6 is 43.5 Å². The summed E-state index contributed by atoms with van der Waals surface area (Å²) in [5.74, 6) is -0.645. The number of hydrogen-bond acceptors (Lipinski definition) is 3. The zero-order chi connectivity index (χ0) is 17.3. The first-order valence-electron chi connectivity index (χ1n) is 6.42. The van der Waals surface area contributed by atoms with Gasteiger partial charge in [-0.2, -0.15) is 5.10 Å². The van der Waals surface area contributed by atoms with Gasteiger partial charge in [0.05, 0.1) is 11.3 Å². The molecule has 0 aliphatic heterocycles. The average molecular weight is 465 g/mol. The van der Waals surface area contributed by atoms with E-state index in [1.807, 2.05) is 0 Å². The van der Waals surface area contributed by atoms with Gasteiger partial charge in [0.25, 0.3) is 11.8 Å². The van der Waals surface area contributed by atoms with Gasteiger partial charge in [0, 0.05) is 36.2 Å². The van der Waals surface area contributed by atoms with Crippen molar-refractivity contribution >= 4 is 61.0 Å².